The van der Waals surface area contributed by atoms with Gasteiger partial charge in [-0.2, -0.15) is 0 Å². The fraction of sp³-hybridized carbons (Fsp3) is 0.643. The maximum atomic E-state index is 13.3. The number of halogens is 1. The number of carbonyl (C=O) groups excluding carboxylic acids is 1. The number of rotatable bonds is 4. The van der Waals surface area contributed by atoms with Crippen LogP contribution in [0.2, 0.25) is 5.02 Å². The Morgan fingerprint density at radius 2 is 1.88 bits per heavy atom. The van der Waals surface area contributed by atoms with Crippen molar-refractivity contribution in [3.63, 3.8) is 0 Å². The number of allylic oxidation sites excluding steroid dienone is 1. The molecule has 2 aliphatic heterocycles. The third kappa shape index (κ3) is 6.27. The van der Waals surface area contributed by atoms with E-state index in [1.165, 1.54) is 30.7 Å². The number of hydrogen-bond acceptors (Lipinski definition) is 4. The molecule has 0 saturated carbocycles. The van der Waals surface area contributed by atoms with Crippen molar-refractivity contribution in [2.75, 3.05) is 19.6 Å². The maximum Gasteiger partial charge on any atom is 0.163 e. The third-order valence-electron chi connectivity index (χ3n) is 7.62. The van der Waals surface area contributed by atoms with Crippen LogP contribution in [0.3, 0.4) is 0 Å². The summed E-state index contributed by atoms with van der Waals surface area (Å²) in [7, 11) is 0. The minimum absolute atomic E-state index is 0.241. The van der Waals surface area contributed by atoms with Crippen LogP contribution >= 0.6 is 11.6 Å². The molecule has 33 heavy (non-hydrogen) atoms. The smallest absolute Gasteiger partial charge is 0.163 e. The number of benzene rings is 1. The molecule has 3 aliphatic rings. The predicted octanol–water partition coefficient (Wildman–Crippen LogP) is 6.21. The average molecular weight is 470 g/mol. The van der Waals surface area contributed by atoms with Gasteiger partial charge in [-0.05, 0) is 81.9 Å². The van der Waals surface area contributed by atoms with Crippen LogP contribution in [0, 0.1) is 13.8 Å². The van der Waals surface area contributed by atoms with Gasteiger partial charge < -0.3 is 10.2 Å². The molecule has 2 atom stereocenters. The van der Waals surface area contributed by atoms with Crippen LogP contribution < -0.4 is 5.32 Å². The summed E-state index contributed by atoms with van der Waals surface area (Å²) in [5, 5.41) is 4.36. The molecule has 4 nitrogen and oxygen atoms in total. The first-order chi connectivity index (χ1) is 15.9. The molecule has 1 aromatic carbocycles. The highest BCUT2D eigenvalue weighted by molar-refractivity contribution is 6.33. The standard InChI is InChI=1S/C28H40ClN3O/c1-19-17-20(2)28(29)23-18-22(30-14-8-16-32-15-7-9-21(32)3)10-4-5-11-24-25(31-24)12-6-13-26(33)27(19)23/h17,24-25,31H,3-16,18H2,1-2H3/b30-22+/t24?,25-/m0/s1. The van der Waals surface area contributed by atoms with Gasteiger partial charge in [0, 0.05) is 66.6 Å². The van der Waals surface area contributed by atoms with Crippen molar-refractivity contribution in [1.29, 1.82) is 0 Å². The van der Waals surface area contributed by atoms with E-state index in [4.69, 9.17) is 16.6 Å². The number of fused-ring (bicyclic) bond motifs is 2. The highest BCUT2D eigenvalue weighted by atomic mass is 35.5. The fourth-order valence-corrected chi connectivity index (χ4v) is 5.89. The van der Waals surface area contributed by atoms with Crippen LogP contribution in [0.1, 0.15) is 91.3 Å². The van der Waals surface area contributed by atoms with E-state index in [-0.39, 0.29) is 5.78 Å². The van der Waals surface area contributed by atoms with Crippen molar-refractivity contribution in [2.45, 2.75) is 96.6 Å². The average Bonchev–Trinajstić information content (AvgIpc) is 3.40. The van der Waals surface area contributed by atoms with Crippen LogP contribution in [0.25, 0.3) is 0 Å². The molecule has 180 valence electrons. The molecule has 4 rings (SSSR count). The lowest BCUT2D eigenvalue weighted by Crippen LogP contribution is -2.19. The fourth-order valence-electron chi connectivity index (χ4n) is 5.68. The number of nitrogens with zero attached hydrogens (tertiary/aromatic N) is 2. The van der Waals surface area contributed by atoms with Gasteiger partial charge in [0.2, 0.25) is 0 Å². The zero-order chi connectivity index (χ0) is 23.4. The van der Waals surface area contributed by atoms with Crippen LogP contribution in [-0.2, 0) is 6.42 Å². The van der Waals surface area contributed by atoms with Gasteiger partial charge >= 0.3 is 0 Å². The number of aryl methyl sites for hydroxylation is 2. The molecule has 2 heterocycles. The predicted molar refractivity (Wildman–Crippen MR) is 139 cm³/mol. The minimum Gasteiger partial charge on any atom is -0.375 e. The van der Waals surface area contributed by atoms with Crippen molar-refractivity contribution >= 4 is 23.1 Å². The Morgan fingerprint density at radius 1 is 1.09 bits per heavy atom. The summed E-state index contributed by atoms with van der Waals surface area (Å²) in [6.07, 6.45) is 11.4. The highest BCUT2D eigenvalue weighted by Crippen LogP contribution is 2.31. The van der Waals surface area contributed by atoms with Gasteiger partial charge in [0.25, 0.3) is 0 Å². The normalized spacial score (nSPS) is 25.7. The summed E-state index contributed by atoms with van der Waals surface area (Å²) in [6.45, 7) is 11.3. The Hall–Kier alpha value is -1.65. The molecule has 1 N–H and O–H groups in total. The zero-order valence-corrected chi connectivity index (χ0v) is 21.3. The van der Waals surface area contributed by atoms with Crippen molar-refractivity contribution in [2.24, 2.45) is 4.99 Å². The van der Waals surface area contributed by atoms with E-state index in [0.717, 1.165) is 85.4 Å². The van der Waals surface area contributed by atoms with Crippen molar-refractivity contribution in [3.8, 4) is 0 Å². The summed E-state index contributed by atoms with van der Waals surface area (Å²) >= 11 is 6.82. The second kappa shape index (κ2) is 11.2. The Morgan fingerprint density at radius 3 is 2.64 bits per heavy atom. The molecule has 1 unspecified atom stereocenters. The van der Waals surface area contributed by atoms with Gasteiger partial charge in [-0.1, -0.05) is 30.7 Å². The van der Waals surface area contributed by atoms with Gasteiger partial charge in [0.15, 0.2) is 5.78 Å². The number of aliphatic imine (C=N–C) groups is 1. The lowest BCUT2D eigenvalue weighted by atomic mass is 9.89. The van der Waals surface area contributed by atoms with Crippen LogP contribution in [-0.4, -0.2) is 48.1 Å². The van der Waals surface area contributed by atoms with Gasteiger partial charge in [-0.15, -0.1) is 0 Å². The Bertz CT molecular complexity index is 922. The van der Waals surface area contributed by atoms with Gasteiger partial charge in [-0.3, -0.25) is 9.79 Å². The molecular formula is C28H40ClN3O. The Labute approximate surface area is 204 Å². The second-order valence-corrected chi connectivity index (χ2v) is 10.6. The quantitative estimate of drug-likeness (QED) is 0.421. The lowest BCUT2D eigenvalue weighted by molar-refractivity contribution is 0.0978. The van der Waals surface area contributed by atoms with Gasteiger partial charge in [0.05, 0.1) is 0 Å². The number of carbonyl (C=O) groups is 1. The lowest BCUT2D eigenvalue weighted by Gasteiger charge is -2.19. The minimum atomic E-state index is 0.241. The SMILES string of the molecule is C=C1CCCN1CCC/N=C1\CCCCC2N[C@H]2CCCC(=O)c2c(C)cc(C)c(Cl)c2C1. The third-order valence-corrected chi connectivity index (χ3v) is 8.14. The van der Waals surface area contributed by atoms with E-state index in [0.29, 0.717) is 24.9 Å². The van der Waals surface area contributed by atoms with Gasteiger partial charge in [-0.25, -0.2) is 0 Å². The second-order valence-electron chi connectivity index (χ2n) is 10.3. The molecule has 0 spiro atoms. The van der Waals surface area contributed by atoms with E-state index < -0.39 is 0 Å². The summed E-state index contributed by atoms with van der Waals surface area (Å²) in [6, 6.07) is 3.33. The molecule has 5 heteroatoms. The van der Waals surface area contributed by atoms with Crippen LogP contribution in [0.4, 0.5) is 0 Å². The van der Waals surface area contributed by atoms with Crippen molar-refractivity contribution < 1.29 is 4.79 Å². The summed E-state index contributed by atoms with van der Waals surface area (Å²) in [5.74, 6) is 0.241. The summed E-state index contributed by atoms with van der Waals surface area (Å²) in [5.41, 5.74) is 6.44. The highest BCUT2D eigenvalue weighted by Gasteiger charge is 2.34. The van der Waals surface area contributed by atoms with E-state index in [9.17, 15) is 4.79 Å². The molecule has 0 bridgehead atoms. The van der Waals surface area contributed by atoms with Crippen LogP contribution in [0.15, 0.2) is 23.3 Å². The van der Waals surface area contributed by atoms with E-state index in [2.05, 4.69) is 29.8 Å². The number of likely N-dealkylation sites (tertiary alicyclic amines) is 1. The molecule has 0 amide bonds. The summed E-state index contributed by atoms with van der Waals surface area (Å²) < 4.78 is 0. The van der Waals surface area contributed by atoms with Crippen LogP contribution in [0.5, 0.6) is 0 Å². The number of nitrogens with one attached hydrogen (secondary N) is 1. The monoisotopic (exact) mass is 469 g/mol. The van der Waals surface area contributed by atoms with Gasteiger partial charge in [0.1, 0.15) is 0 Å². The van der Waals surface area contributed by atoms with E-state index in [1.807, 2.05) is 6.92 Å². The number of Topliss-reactive ketones (excluding diaryl/α,β-unsaturated/α-hetero) is 1. The molecule has 2 saturated heterocycles. The first kappa shape index (κ1) is 24.5. The molecule has 1 aliphatic carbocycles. The first-order valence-corrected chi connectivity index (χ1v) is 13.3. The molecule has 0 aromatic heterocycles. The molecule has 1 aromatic rings. The number of ketones is 1. The zero-order valence-electron chi connectivity index (χ0n) is 20.5. The van der Waals surface area contributed by atoms with E-state index >= 15 is 0 Å². The first-order valence-electron chi connectivity index (χ1n) is 13.0. The number of hydrogen-bond donors (Lipinski definition) is 1. The largest absolute Gasteiger partial charge is 0.375 e. The molecule has 0 radical (unpaired) electrons. The maximum absolute atomic E-state index is 13.3. The molecular weight excluding hydrogens is 430 g/mol. The summed E-state index contributed by atoms with van der Waals surface area (Å²) in [4.78, 5) is 20.8. The topological polar surface area (TPSA) is 54.6 Å². The van der Waals surface area contributed by atoms with Crippen molar-refractivity contribution in [1.82, 2.24) is 10.2 Å². The molecule has 2 fully saturated rings. The Kier molecular flexibility index (Phi) is 8.29. The Balaban J connectivity index is 1.53. The van der Waals surface area contributed by atoms with E-state index in [1.54, 1.807) is 0 Å². The van der Waals surface area contributed by atoms with Crippen molar-refractivity contribution in [3.05, 3.63) is 45.6 Å².